The monoisotopic (exact) mass is 251 g/mol. The number of aliphatic hydroxyl groups is 2. The molecule has 0 radical (unpaired) electrons. The molecule has 102 valence electrons. The van der Waals surface area contributed by atoms with Crippen molar-refractivity contribution >= 4 is 0 Å². The van der Waals surface area contributed by atoms with E-state index in [2.05, 4.69) is 50.4 Å². The molecule has 0 bridgehead atoms. The van der Waals surface area contributed by atoms with Crippen molar-refractivity contribution in [1.29, 1.82) is 0 Å². The van der Waals surface area contributed by atoms with Crippen LogP contribution in [0.3, 0.4) is 0 Å². The molecule has 0 aromatic heterocycles. The second-order valence-corrected chi connectivity index (χ2v) is 5.31. The van der Waals surface area contributed by atoms with Crippen molar-refractivity contribution in [3.05, 3.63) is 35.4 Å². The molecule has 2 atom stereocenters. The Morgan fingerprint density at radius 3 is 2.22 bits per heavy atom. The van der Waals surface area contributed by atoms with Gasteiger partial charge in [0.25, 0.3) is 0 Å². The highest BCUT2D eigenvalue weighted by molar-refractivity contribution is 5.25. The van der Waals surface area contributed by atoms with Crippen LogP contribution in [-0.4, -0.2) is 29.5 Å². The SMILES string of the molecule is CC(C)Cc1ccc(C(C)NCC(O)CO)cc1. The van der Waals surface area contributed by atoms with Gasteiger partial charge in [-0.3, -0.25) is 0 Å². The van der Waals surface area contributed by atoms with E-state index < -0.39 is 6.10 Å². The average Bonchev–Trinajstić information content (AvgIpc) is 2.35. The first-order chi connectivity index (χ1) is 8.52. The third kappa shape index (κ3) is 5.17. The van der Waals surface area contributed by atoms with Crippen molar-refractivity contribution in [3.8, 4) is 0 Å². The summed E-state index contributed by atoms with van der Waals surface area (Å²) in [6.45, 7) is 6.70. The number of benzene rings is 1. The van der Waals surface area contributed by atoms with E-state index in [1.54, 1.807) is 0 Å². The second-order valence-electron chi connectivity index (χ2n) is 5.31. The molecule has 1 aromatic rings. The Morgan fingerprint density at radius 2 is 1.72 bits per heavy atom. The largest absolute Gasteiger partial charge is 0.394 e. The molecule has 3 nitrogen and oxygen atoms in total. The zero-order valence-corrected chi connectivity index (χ0v) is 11.6. The smallest absolute Gasteiger partial charge is 0.0895 e. The van der Waals surface area contributed by atoms with Crippen LogP contribution < -0.4 is 5.32 Å². The first-order valence-corrected chi connectivity index (χ1v) is 6.64. The van der Waals surface area contributed by atoms with Crippen molar-refractivity contribution < 1.29 is 10.2 Å². The van der Waals surface area contributed by atoms with Crippen LogP contribution in [0.4, 0.5) is 0 Å². The molecule has 0 spiro atoms. The lowest BCUT2D eigenvalue weighted by atomic mass is 10.00. The lowest BCUT2D eigenvalue weighted by molar-refractivity contribution is 0.0924. The fourth-order valence-electron chi connectivity index (χ4n) is 1.91. The zero-order chi connectivity index (χ0) is 13.5. The summed E-state index contributed by atoms with van der Waals surface area (Å²) in [5.41, 5.74) is 2.56. The van der Waals surface area contributed by atoms with Gasteiger partial charge in [-0.2, -0.15) is 0 Å². The van der Waals surface area contributed by atoms with Gasteiger partial charge in [-0.05, 0) is 30.4 Å². The van der Waals surface area contributed by atoms with Crippen molar-refractivity contribution in [3.63, 3.8) is 0 Å². The van der Waals surface area contributed by atoms with Crippen molar-refractivity contribution in [2.45, 2.75) is 39.3 Å². The molecule has 1 aromatic carbocycles. The third-order valence-corrected chi connectivity index (χ3v) is 2.99. The molecule has 0 heterocycles. The quantitative estimate of drug-likeness (QED) is 0.693. The normalized spacial score (nSPS) is 14.8. The lowest BCUT2D eigenvalue weighted by Crippen LogP contribution is -2.31. The van der Waals surface area contributed by atoms with Gasteiger partial charge >= 0.3 is 0 Å². The molecule has 0 fully saturated rings. The molecule has 0 saturated carbocycles. The van der Waals surface area contributed by atoms with Crippen LogP contribution in [0, 0.1) is 5.92 Å². The standard InChI is InChI=1S/C15H25NO2/c1-11(2)8-13-4-6-14(7-5-13)12(3)16-9-15(18)10-17/h4-7,11-12,15-18H,8-10H2,1-3H3. The van der Waals surface area contributed by atoms with Crippen LogP contribution in [0.5, 0.6) is 0 Å². The highest BCUT2D eigenvalue weighted by Crippen LogP contribution is 2.15. The lowest BCUT2D eigenvalue weighted by Gasteiger charge is -2.17. The van der Waals surface area contributed by atoms with Crippen molar-refractivity contribution in [2.75, 3.05) is 13.2 Å². The summed E-state index contributed by atoms with van der Waals surface area (Å²) in [5.74, 6) is 0.672. The highest BCUT2D eigenvalue weighted by Gasteiger charge is 2.08. The number of aliphatic hydroxyl groups excluding tert-OH is 2. The number of nitrogens with one attached hydrogen (secondary N) is 1. The van der Waals surface area contributed by atoms with Gasteiger partial charge in [0.1, 0.15) is 0 Å². The van der Waals surface area contributed by atoms with Crippen LogP contribution in [0.1, 0.15) is 37.9 Å². The summed E-state index contributed by atoms with van der Waals surface area (Å²) in [6, 6.07) is 8.76. The molecule has 3 heteroatoms. The molecule has 1 rings (SSSR count). The predicted molar refractivity (Wildman–Crippen MR) is 74.5 cm³/mol. The van der Waals surface area contributed by atoms with E-state index in [9.17, 15) is 5.11 Å². The van der Waals surface area contributed by atoms with Gasteiger partial charge in [-0.1, -0.05) is 38.1 Å². The van der Waals surface area contributed by atoms with Crippen LogP contribution in [0.15, 0.2) is 24.3 Å². The fraction of sp³-hybridized carbons (Fsp3) is 0.600. The van der Waals surface area contributed by atoms with E-state index in [-0.39, 0.29) is 12.6 Å². The Bertz CT molecular complexity index is 335. The maximum absolute atomic E-state index is 9.28. The van der Waals surface area contributed by atoms with Gasteiger partial charge < -0.3 is 15.5 Å². The minimum atomic E-state index is -0.687. The number of hydrogen-bond donors (Lipinski definition) is 3. The fourth-order valence-corrected chi connectivity index (χ4v) is 1.91. The predicted octanol–water partition coefficient (Wildman–Crippen LogP) is 1.89. The van der Waals surface area contributed by atoms with Gasteiger partial charge in [0.15, 0.2) is 0 Å². The van der Waals surface area contributed by atoms with Crippen LogP contribution in [0.25, 0.3) is 0 Å². The van der Waals surface area contributed by atoms with Gasteiger partial charge in [-0.25, -0.2) is 0 Å². The summed E-state index contributed by atoms with van der Waals surface area (Å²) in [5, 5.41) is 21.2. The average molecular weight is 251 g/mol. The van der Waals surface area contributed by atoms with E-state index in [1.807, 2.05) is 0 Å². The molecule has 2 unspecified atom stereocenters. The van der Waals surface area contributed by atoms with E-state index in [4.69, 9.17) is 5.11 Å². The zero-order valence-electron chi connectivity index (χ0n) is 11.6. The first kappa shape index (κ1) is 15.2. The molecule has 0 aliphatic heterocycles. The summed E-state index contributed by atoms with van der Waals surface area (Å²) in [7, 11) is 0. The van der Waals surface area contributed by atoms with Gasteiger partial charge in [0.2, 0.25) is 0 Å². The minimum Gasteiger partial charge on any atom is -0.394 e. The summed E-state index contributed by atoms with van der Waals surface area (Å²) >= 11 is 0. The van der Waals surface area contributed by atoms with Crippen molar-refractivity contribution in [2.24, 2.45) is 5.92 Å². The van der Waals surface area contributed by atoms with Gasteiger partial charge in [-0.15, -0.1) is 0 Å². The van der Waals surface area contributed by atoms with E-state index in [0.29, 0.717) is 12.5 Å². The second kappa shape index (κ2) is 7.52. The van der Waals surface area contributed by atoms with Crippen LogP contribution in [0.2, 0.25) is 0 Å². The Labute approximate surface area is 110 Å². The summed E-state index contributed by atoms with van der Waals surface area (Å²) in [6.07, 6.45) is 0.415. The molecule has 0 amide bonds. The van der Waals surface area contributed by atoms with Gasteiger partial charge in [0, 0.05) is 12.6 Å². The van der Waals surface area contributed by atoms with E-state index in [1.165, 1.54) is 11.1 Å². The maximum Gasteiger partial charge on any atom is 0.0895 e. The van der Waals surface area contributed by atoms with E-state index >= 15 is 0 Å². The molecule has 0 saturated heterocycles. The van der Waals surface area contributed by atoms with Gasteiger partial charge in [0.05, 0.1) is 12.7 Å². The molecule has 0 aliphatic rings. The molecule has 18 heavy (non-hydrogen) atoms. The van der Waals surface area contributed by atoms with Crippen molar-refractivity contribution in [1.82, 2.24) is 5.32 Å². The van der Waals surface area contributed by atoms with E-state index in [0.717, 1.165) is 6.42 Å². The first-order valence-electron chi connectivity index (χ1n) is 6.64. The Balaban J connectivity index is 2.50. The van der Waals surface area contributed by atoms with Crippen LogP contribution in [-0.2, 0) is 6.42 Å². The Kier molecular flexibility index (Phi) is 6.33. The topological polar surface area (TPSA) is 52.5 Å². The molecular formula is C15H25NO2. The summed E-state index contributed by atoms with van der Waals surface area (Å²) < 4.78 is 0. The summed E-state index contributed by atoms with van der Waals surface area (Å²) in [4.78, 5) is 0. The minimum absolute atomic E-state index is 0.180. The Morgan fingerprint density at radius 1 is 1.11 bits per heavy atom. The highest BCUT2D eigenvalue weighted by atomic mass is 16.3. The maximum atomic E-state index is 9.28. The van der Waals surface area contributed by atoms with Crippen LogP contribution >= 0.6 is 0 Å². The molecule has 0 aliphatic carbocycles. The molecule has 3 N–H and O–H groups in total. The molecular weight excluding hydrogens is 226 g/mol. The number of rotatable bonds is 7. The third-order valence-electron chi connectivity index (χ3n) is 2.99. The number of hydrogen-bond acceptors (Lipinski definition) is 3. The Hall–Kier alpha value is -0.900.